The van der Waals surface area contributed by atoms with E-state index in [1.807, 2.05) is 0 Å². The zero-order valence-electron chi connectivity index (χ0n) is 13.6. The maximum Gasteiger partial charge on any atom is 0.351 e. The molecule has 1 aromatic heterocycles. The van der Waals surface area contributed by atoms with Crippen LogP contribution in [0.2, 0.25) is 0 Å². The second kappa shape index (κ2) is 8.41. The summed E-state index contributed by atoms with van der Waals surface area (Å²) < 4.78 is 6.82. The molecule has 1 fully saturated rings. The predicted octanol–water partition coefficient (Wildman–Crippen LogP) is 0.767. The van der Waals surface area contributed by atoms with Crippen molar-refractivity contribution in [1.29, 1.82) is 0 Å². The molecule has 2 heterocycles. The second-order valence-electron chi connectivity index (χ2n) is 5.71. The van der Waals surface area contributed by atoms with Gasteiger partial charge in [0.25, 0.3) is 0 Å². The molecule has 0 radical (unpaired) electrons. The molecule has 0 aromatic carbocycles. The average molecular weight is 355 g/mol. The second-order valence-corrected chi connectivity index (χ2v) is 6.90. The molecule has 24 heavy (non-hydrogen) atoms. The van der Waals surface area contributed by atoms with E-state index in [4.69, 9.17) is 9.84 Å². The normalized spacial score (nSPS) is 20.3. The minimum atomic E-state index is -0.546. The Bertz CT molecular complexity index is 661. The van der Waals surface area contributed by atoms with E-state index in [-0.39, 0.29) is 48.3 Å². The van der Waals surface area contributed by atoms with Gasteiger partial charge in [0.1, 0.15) is 23.3 Å². The first-order valence-corrected chi connectivity index (χ1v) is 8.75. The van der Waals surface area contributed by atoms with Gasteiger partial charge in [-0.15, -0.1) is 11.8 Å². The summed E-state index contributed by atoms with van der Waals surface area (Å²) in [6.45, 7) is 3.45. The molecule has 0 spiro atoms. The van der Waals surface area contributed by atoms with Crippen LogP contribution < -0.4 is 11.0 Å². The van der Waals surface area contributed by atoms with E-state index in [1.54, 1.807) is 13.8 Å². The number of thioether (sulfide) groups is 1. The Balaban J connectivity index is 1.94. The number of carbonyl (C=O) groups is 2. The number of aliphatic hydroxyl groups is 1. The Morgan fingerprint density at radius 3 is 2.83 bits per heavy atom. The Morgan fingerprint density at radius 2 is 2.25 bits per heavy atom. The fourth-order valence-corrected chi connectivity index (χ4v) is 3.05. The van der Waals surface area contributed by atoms with Crippen LogP contribution in [0.25, 0.3) is 0 Å². The lowest BCUT2D eigenvalue weighted by molar-refractivity contribution is -0.124. The van der Waals surface area contributed by atoms with E-state index >= 15 is 0 Å². The highest BCUT2D eigenvalue weighted by atomic mass is 32.2. The SMILES string of the molecule is CC(C)C(=O)CCC(=O)Nc1ccn(C2CS[C@@H](CO)O2)c(=O)n1. The van der Waals surface area contributed by atoms with E-state index in [2.05, 4.69) is 10.3 Å². The third-order valence-electron chi connectivity index (χ3n) is 3.53. The van der Waals surface area contributed by atoms with Gasteiger partial charge in [0.05, 0.1) is 6.61 Å². The minimum absolute atomic E-state index is 0.0165. The third-order valence-corrected chi connectivity index (χ3v) is 4.64. The fourth-order valence-electron chi connectivity index (χ4n) is 2.12. The van der Waals surface area contributed by atoms with Crippen LogP contribution in [0.3, 0.4) is 0 Å². The van der Waals surface area contributed by atoms with Gasteiger partial charge in [0.15, 0.2) is 0 Å². The van der Waals surface area contributed by atoms with Crippen molar-refractivity contribution in [2.75, 3.05) is 17.7 Å². The third kappa shape index (κ3) is 4.89. The van der Waals surface area contributed by atoms with Crippen LogP contribution in [0, 0.1) is 5.92 Å². The lowest BCUT2D eigenvalue weighted by Crippen LogP contribution is -2.29. The summed E-state index contributed by atoms with van der Waals surface area (Å²) in [4.78, 5) is 39.2. The van der Waals surface area contributed by atoms with Crippen LogP contribution in [0.4, 0.5) is 5.82 Å². The molecule has 1 saturated heterocycles. The van der Waals surface area contributed by atoms with Crippen LogP contribution >= 0.6 is 11.8 Å². The number of nitrogens with one attached hydrogen (secondary N) is 1. The van der Waals surface area contributed by atoms with Crippen molar-refractivity contribution in [3.05, 3.63) is 22.7 Å². The maximum absolute atomic E-state index is 12.1. The zero-order valence-corrected chi connectivity index (χ0v) is 14.4. The number of rotatable bonds is 7. The first-order chi connectivity index (χ1) is 11.4. The zero-order chi connectivity index (χ0) is 17.7. The number of anilines is 1. The number of ketones is 1. The molecule has 1 unspecified atom stereocenters. The molecule has 9 heteroatoms. The fraction of sp³-hybridized carbons (Fsp3) is 0.600. The molecule has 1 aliphatic rings. The van der Waals surface area contributed by atoms with Crippen LogP contribution in [-0.2, 0) is 14.3 Å². The number of aliphatic hydroxyl groups excluding tert-OH is 1. The topological polar surface area (TPSA) is 111 Å². The lowest BCUT2D eigenvalue weighted by atomic mass is 10.0. The number of Topliss-reactive ketones (excluding diaryl/α,β-unsaturated/α-hetero) is 1. The van der Waals surface area contributed by atoms with Crippen molar-refractivity contribution in [2.24, 2.45) is 5.92 Å². The van der Waals surface area contributed by atoms with Crippen molar-refractivity contribution < 1.29 is 19.4 Å². The molecule has 1 aliphatic heterocycles. The van der Waals surface area contributed by atoms with Crippen molar-refractivity contribution >= 4 is 29.3 Å². The van der Waals surface area contributed by atoms with Crippen molar-refractivity contribution in [1.82, 2.24) is 9.55 Å². The molecule has 2 rings (SSSR count). The van der Waals surface area contributed by atoms with Gasteiger partial charge in [-0.05, 0) is 6.07 Å². The summed E-state index contributed by atoms with van der Waals surface area (Å²) >= 11 is 1.42. The number of ether oxygens (including phenoxy) is 1. The Kier molecular flexibility index (Phi) is 6.52. The summed E-state index contributed by atoms with van der Waals surface area (Å²) in [6, 6.07) is 1.50. The molecule has 1 aromatic rings. The maximum atomic E-state index is 12.1. The molecule has 8 nitrogen and oxygen atoms in total. The quantitative estimate of drug-likeness (QED) is 0.743. The molecule has 1 amide bonds. The molecule has 0 aliphatic carbocycles. The summed E-state index contributed by atoms with van der Waals surface area (Å²) in [5.74, 6) is 0.231. The van der Waals surface area contributed by atoms with E-state index in [0.717, 1.165) is 0 Å². The van der Waals surface area contributed by atoms with Crippen LogP contribution in [0.5, 0.6) is 0 Å². The first-order valence-electron chi connectivity index (χ1n) is 7.70. The first kappa shape index (κ1) is 18.6. The Morgan fingerprint density at radius 1 is 1.50 bits per heavy atom. The van der Waals surface area contributed by atoms with Gasteiger partial charge in [0, 0.05) is 30.7 Å². The van der Waals surface area contributed by atoms with Gasteiger partial charge in [-0.3, -0.25) is 14.2 Å². The van der Waals surface area contributed by atoms with Crippen LogP contribution in [0.1, 0.15) is 32.9 Å². The molecule has 132 valence electrons. The van der Waals surface area contributed by atoms with Gasteiger partial charge >= 0.3 is 5.69 Å². The van der Waals surface area contributed by atoms with Gasteiger partial charge in [-0.25, -0.2) is 4.79 Å². The van der Waals surface area contributed by atoms with Gasteiger partial charge in [-0.2, -0.15) is 4.98 Å². The average Bonchev–Trinajstić information content (AvgIpc) is 3.01. The molecule has 2 N–H and O–H groups in total. The molecular formula is C15H21N3O5S. The lowest BCUT2D eigenvalue weighted by Gasteiger charge is -2.14. The van der Waals surface area contributed by atoms with Gasteiger partial charge in [-0.1, -0.05) is 13.8 Å². The van der Waals surface area contributed by atoms with Crippen molar-refractivity contribution in [3.63, 3.8) is 0 Å². The van der Waals surface area contributed by atoms with Crippen LogP contribution in [0.15, 0.2) is 17.1 Å². The van der Waals surface area contributed by atoms with Gasteiger partial charge < -0.3 is 15.2 Å². The molecule has 0 bridgehead atoms. The minimum Gasteiger partial charge on any atom is -0.393 e. The van der Waals surface area contributed by atoms with Gasteiger partial charge in [0.2, 0.25) is 5.91 Å². The highest BCUT2D eigenvalue weighted by Gasteiger charge is 2.27. The van der Waals surface area contributed by atoms with Crippen molar-refractivity contribution in [2.45, 2.75) is 38.4 Å². The predicted molar refractivity (Wildman–Crippen MR) is 89.7 cm³/mol. The van der Waals surface area contributed by atoms with Crippen molar-refractivity contribution in [3.8, 4) is 0 Å². The number of aromatic nitrogens is 2. The number of nitrogens with zero attached hydrogens (tertiary/aromatic N) is 2. The molecule has 0 saturated carbocycles. The Hall–Kier alpha value is -1.71. The van der Waals surface area contributed by atoms with E-state index in [0.29, 0.717) is 5.75 Å². The number of hydrogen-bond donors (Lipinski definition) is 2. The number of hydrogen-bond acceptors (Lipinski definition) is 7. The van der Waals surface area contributed by atoms with Crippen LogP contribution in [-0.4, -0.2) is 44.1 Å². The van der Waals surface area contributed by atoms with E-state index < -0.39 is 11.9 Å². The number of carbonyl (C=O) groups excluding carboxylic acids is 2. The molecule has 2 atom stereocenters. The smallest absolute Gasteiger partial charge is 0.351 e. The highest BCUT2D eigenvalue weighted by Crippen LogP contribution is 2.30. The monoisotopic (exact) mass is 355 g/mol. The van der Waals surface area contributed by atoms with E-state index in [1.165, 1.54) is 28.6 Å². The molecular weight excluding hydrogens is 334 g/mol. The summed E-state index contributed by atoms with van der Waals surface area (Å²) in [7, 11) is 0. The summed E-state index contributed by atoms with van der Waals surface area (Å²) in [5, 5.41) is 11.6. The highest BCUT2D eigenvalue weighted by molar-refractivity contribution is 8.00. The summed E-state index contributed by atoms with van der Waals surface area (Å²) in [5.41, 5.74) is -0.893. The summed E-state index contributed by atoms with van der Waals surface area (Å²) in [6.07, 6.45) is 1.23. The Labute approximate surface area is 143 Å². The standard InChI is InChI=1S/C15H21N3O5S/c1-9(2)10(20)3-4-12(21)16-11-5-6-18(15(22)17-11)13-8-24-14(7-19)23-13/h5-6,9,13-14,19H,3-4,7-8H2,1-2H3,(H,16,17,21,22)/t13?,14-/m0/s1. The van der Waals surface area contributed by atoms with E-state index in [9.17, 15) is 14.4 Å². The number of amides is 1. The largest absolute Gasteiger partial charge is 0.393 e.